The van der Waals surface area contributed by atoms with Gasteiger partial charge in [-0.3, -0.25) is 4.79 Å². The second kappa shape index (κ2) is 14.1. The molecule has 4 atom stereocenters. The van der Waals surface area contributed by atoms with Gasteiger partial charge in [-0.15, -0.1) is 0 Å². The first-order valence-corrected chi connectivity index (χ1v) is 16.0. The molecule has 246 valence electrons. The number of carbonyl (C=O) groups excluding carboxylic acids is 2. The molecule has 0 spiro atoms. The van der Waals surface area contributed by atoms with Gasteiger partial charge in [-0.2, -0.15) is 13.2 Å². The third-order valence-electron chi connectivity index (χ3n) is 9.84. The summed E-state index contributed by atoms with van der Waals surface area (Å²) in [6.45, 7) is 8.42. The molecule has 0 aliphatic heterocycles. The van der Waals surface area contributed by atoms with Gasteiger partial charge in [0.1, 0.15) is 0 Å². The Bertz CT molecular complexity index is 1410. The van der Waals surface area contributed by atoms with Gasteiger partial charge < -0.3 is 19.8 Å². The number of aliphatic hydroxyl groups is 2. The van der Waals surface area contributed by atoms with Crippen LogP contribution >= 0.6 is 0 Å². The minimum Gasteiger partial charge on any atom is -0.450 e. The molecule has 1 fully saturated rings. The van der Waals surface area contributed by atoms with Crippen molar-refractivity contribution in [3.63, 3.8) is 0 Å². The quantitative estimate of drug-likeness (QED) is 0.241. The monoisotopic (exact) mass is 629 g/mol. The van der Waals surface area contributed by atoms with E-state index in [1.807, 2.05) is 32.9 Å². The number of nitrogens with zero attached hydrogens (tertiary/aromatic N) is 1. The summed E-state index contributed by atoms with van der Waals surface area (Å²) >= 11 is 0. The van der Waals surface area contributed by atoms with Crippen molar-refractivity contribution in [2.75, 3.05) is 19.7 Å². The van der Waals surface area contributed by atoms with Crippen LogP contribution in [0.3, 0.4) is 0 Å². The highest BCUT2D eigenvalue weighted by Crippen LogP contribution is 2.59. The molecule has 6 nitrogen and oxygen atoms in total. The lowest BCUT2D eigenvalue weighted by Gasteiger charge is -2.46. The van der Waals surface area contributed by atoms with E-state index in [-0.39, 0.29) is 30.2 Å². The van der Waals surface area contributed by atoms with Crippen molar-refractivity contribution in [2.24, 2.45) is 5.41 Å². The number of alkyl halides is 3. The van der Waals surface area contributed by atoms with Crippen molar-refractivity contribution < 1.29 is 37.7 Å². The summed E-state index contributed by atoms with van der Waals surface area (Å²) in [4.78, 5) is 28.6. The van der Waals surface area contributed by atoms with Crippen molar-refractivity contribution in [1.29, 1.82) is 0 Å². The number of carbonyl (C=O) groups is 2. The summed E-state index contributed by atoms with van der Waals surface area (Å²) in [6, 6.07) is 9.87. The summed E-state index contributed by atoms with van der Waals surface area (Å²) in [7, 11) is 0. The Morgan fingerprint density at radius 2 is 1.84 bits per heavy atom. The lowest BCUT2D eigenvalue weighted by Crippen LogP contribution is -2.54. The zero-order valence-electron chi connectivity index (χ0n) is 26.8. The van der Waals surface area contributed by atoms with E-state index in [9.17, 15) is 33.0 Å². The van der Waals surface area contributed by atoms with E-state index in [2.05, 4.69) is 6.08 Å². The van der Waals surface area contributed by atoms with Gasteiger partial charge in [0, 0.05) is 23.1 Å². The van der Waals surface area contributed by atoms with Crippen LogP contribution in [0.5, 0.6) is 0 Å². The van der Waals surface area contributed by atoms with Crippen molar-refractivity contribution in [3.8, 4) is 0 Å². The first-order valence-electron chi connectivity index (χ1n) is 16.0. The lowest BCUT2D eigenvalue weighted by molar-refractivity contribution is -0.137. The number of benzene rings is 2. The summed E-state index contributed by atoms with van der Waals surface area (Å²) in [6.07, 6.45) is 0.663. The van der Waals surface area contributed by atoms with Crippen LogP contribution in [0.2, 0.25) is 0 Å². The molecule has 1 amide bonds. The van der Waals surface area contributed by atoms with Crippen LogP contribution < -0.4 is 0 Å². The van der Waals surface area contributed by atoms with E-state index >= 15 is 0 Å². The molecule has 5 rings (SSSR count). The van der Waals surface area contributed by atoms with Gasteiger partial charge in [0.15, 0.2) is 5.78 Å². The minimum atomic E-state index is -4.60. The fraction of sp³-hybridized carbons (Fsp3) is 0.556. The number of ether oxygens (including phenoxy) is 1. The Hall–Kier alpha value is -3.17. The molecular formula is C36H46F3NO5. The van der Waals surface area contributed by atoms with E-state index in [0.717, 1.165) is 17.7 Å². The number of fused-ring (bicyclic) bond motifs is 8. The maximum Gasteiger partial charge on any atom is 0.416 e. The zero-order chi connectivity index (χ0) is 33.0. The molecule has 3 aliphatic carbocycles. The second-order valence-corrected chi connectivity index (χ2v) is 13.0. The number of hydrogen-bond donors (Lipinski definition) is 2. The standard InChI is InChI=1S/C36H46F3NO5/c1-5-19-40(33(43)45-6-2)23-35(44)18-16-31-29-15-13-25(20-28(41)14-12-24(3)9-8-17-34(31,35)4)21-30(29)32(42)26-10-7-11-27(22-26)36(37,38)39/h7,9-11,13,15,21-22,28,31,41,44H,5-6,8,12,14,16-20,23H2,1-4H3. The third-order valence-corrected chi connectivity index (χ3v) is 9.84. The van der Waals surface area contributed by atoms with Gasteiger partial charge in [-0.1, -0.05) is 49.8 Å². The van der Waals surface area contributed by atoms with Crippen molar-refractivity contribution in [1.82, 2.24) is 4.90 Å². The Balaban J connectivity index is 1.85. The molecule has 2 bridgehead atoms. The summed E-state index contributed by atoms with van der Waals surface area (Å²) in [5, 5.41) is 23.3. The first-order chi connectivity index (χ1) is 21.2. The van der Waals surface area contributed by atoms with Gasteiger partial charge in [-0.05, 0) is 100 Å². The Kier molecular flexibility index (Phi) is 10.9. The molecular weight excluding hydrogens is 583 g/mol. The molecule has 4 unspecified atom stereocenters. The number of amides is 1. The van der Waals surface area contributed by atoms with E-state index in [1.54, 1.807) is 17.9 Å². The summed E-state index contributed by atoms with van der Waals surface area (Å²) in [5.41, 5.74) is -0.298. The highest BCUT2D eigenvalue weighted by atomic mass is 19.4. The molecule has 2 N–H and O–H groups in total. The number of rotatable bonds is 7. The topological polar surface area (TPSA) is 87.1 Å². The number of allylic oxidation sites excluding steroid dienone is 2. The van der Waals surface area contributed by atoms with E-state index in [4.69, 9.17) is 4.74 Å². The van der Waals surface area contributed by atoms with Crippen LogP contribution in [0.15, 0.2) is 54.1 Å². The predicted molar refractivity (Wildman–Crippen MR) is 167 cm³/mol. The number of ketones is 1. The van der Waals surface area contributed by atoms with Gasteiger partial charge in [0.05, 0.1) is 30.4 Å². The van der Waals surface area contributed by atoms with Gasteiger partial charge in [0.25, 0.3) is 0 Å². The van der Waals surface area contributed by atoms with E-state index in [0.29, 0.717) is 69.0 Å². The fourth-order valence-electron chi connectivity index (χ4n) is 7.22. The average molecular weight is 630 g/mol. The highest BCUT2D eigenvalue weighted by molar-refractivity contribution is 6.10. The van der Waals surface area contributed by atoms with Crippen molar-refractivity contribution in [2.45, 2.75) is 103 Å². The SMILES string of the molecule is CCCN(CC1(O)CCC2c3ccc(cc3C(=O)c3cccc(C(F)(F)F)c3)CC(O)CCC(C)=CCCC21C)C(=O)OCC. The Labute approximate surface area is 264 Å². The average Bonchev–Trinajstić information content (AvgIpc) is 3.24. The lowest BCUT2D eigenvalue weighted by atomic mass is 9.64. The van der Waals surface area contributed by atoms with E-state index in [1.165, 1.54) is 12.1 Å². The fourth-order valence-corrected chi connectivity index (χ4v) is 7.22. The molecule has 0 heterocycles. The van der Waals surface area contributed by atoms with Crippen LogP contribution in [-0.4, -0.2) is 58.4 Å². The first kappa shape index (κ1) is 34.7. The van der Waals surface area contributed by atoms with Crippen LogP contribution in [-0.2, 0) is 17.3 Å². The molecule has 0 saturated heterocycles. The molecule has 9 heteroatoms. The molecule has 3 aliphatic rings. The largest absolute Gasteiger partial charge is 0.450 e. The molecule has 2 aromatic rings. The van der Waals surface area contributed by atoms with Crippen molar-refractivity contribution >= 4 is 11.9 Å². The predicted octanol–water partition coefficient (Wildman–Crippen LogP) is 7.84. The highest BCUT2D eigenvalue weighted by Gasteiger charge is 2.57. The summed E-state index contributed by atoms with van der Waals surface area (Å²) in [5.74, 6) is -0.860. The minimum absolute atomic E-state index is 0.0660. The normalized spacial score (nSPS) is 25.7. The zero-order valence-corrected chi connectivity index (χ0v) is 26.8. The summed E-state index contributed by atoms with van der Waals surface area (Å²) < 4.78 is 46.1. The molecule has 0 radical (unpaired) electrons. The Morgan fingerprint density at radius 3 is 2.53 bits per heavy atom. The number of halogens is 3. The molecule has 1 saturated carbocycles. The Morgan fingerprint density at radius 1 is 1.09 bits per heavy atom. The number of aliphatic hydroxyl groups excluding tert-OH is 1. The molecule has 2 aromatic carbocycles. The van der Waals surface area contributed by atoms with Crippen molar-refractivity contribution in [3.05, 3.63) is 81.9 Å². The van der Waals surface area contributed by atoms with Gasteiger partial charge in [0.2, 0.25) is 0 Å². The van der Waals surface area contributed by atoms with Crippen LogP contribution in [0, 0.1) is 5.41 Å². The second-order valence-electron chi connectivity index (χ2n) is 13.0. The molecule has 0 aromatic heterocycles. The maximum absolute atomic E-state index is 14.1. The van der Waals surface area contributed by atoms with Crippen LogP contribution in [0.4, 0.5) is 18.0 Å². The van der Waals surface area contributed by atoms with Gasteiger partial charge >= 0.3 is 12.3 Å². The van der Waals surface area contributed by atoms with Crippen LogP contribution in [0.1, 0.15) is 111 Å². The smallest absolute Gasteiger partial charge is 0.416 e. The molecule has 45 heavy (non-hydrogen) atoms. The van der Waals surface area contributed by atoms with Crippen LogP contribution in [0.25, 0.3) is 0 Å². The maximum atomic E-state index is 14.1. The third kappa shape index (κ3) is 7.63. The number of hydrogen-bond acceptors (Lipinski definition) is 5. The van der Waals surface area contributed by atoms with E-state index < -0.39 is 40.7 Å². The van der Waals surface area contributed by atoms with Gasteiger partial charge in [-0.25, -0.2) is 4.79 Å².